The van der Waals surface area contributed by atoms with E-state index in [4.69, 9.17) is 33.9 Å². The summed E-state index contributed by atoms with van der Waals surface area (Å²) in [6.45, 7) is 0. The van der Waals surface area contributed by atoms with Crippen molar-refractivity contribution in [2.75, 3.05) is 0 Å². The molecule has 0 saturated heterocycles. The van der Waals surface area contributed by atoms with Gasteiger partial charge in [0.05, 0.1) is 0 Å². The zero-order chi connectivity index (χ0) is 18.0. The fourth-order valence-electron chi connectivity index (χ4n) is 2.66. The normalized spacial score (nSPS) is 9.32. The van der Waals surface area contributed by atoms with Crippen molar-refractivity contribution in [3.05, 3.63) is 82.9 Å². The molecule has 0 amide bonds. The summed E-state index contributed by atoms with van der Waals surface area (Å²) in [6, 6.07) is 20.7. The third-order valence-corrected chi connectivity index (χ3v) is 4.13. The van der Waals surface area contributed by atoms with E-state index in [1.54, 1.807) is 12.1 Å². The Labute approximate surface area is 187 Å². The number of rotatable bonds is 4. The lowest BCUT2D eigenvalue weighted by atomic mass is 9.97. The molecule has 0 aliphatic carbocycles. The van der Waals surface area contributed by atoms with E-state index in [0.29, 0.717) is 16.1 Å². The Morgan fingerprint density at radius 2 is 1.00 bits per heavy atom. The molecule has 148 valence electrons. The Kier molecular flexibility index (Phi) is 10.1. The predicted octanol–water partition coefficient (Wildman–Crippen LogP) is 5.51. The van der Waals surface area contributed by atoms with E-state index in [-0.39, 0.29) is 48.9 Å². The Morgan fingerprint density at radius 3 is 1.36 bits per heavy atom. The van der Waals surface area contributed by atoms with Gasteiger partial charge in [0.15, 0.2) is 0 Å². The highest BCUT2D eigenvalue weighted by Gasteiger charge is 2.07. The average Bonchev–Trinajstić information content (AvgIpc) is 2.61. The van der Waals surface area contributed by atoms with Gasteiger partial charge in [0.1, 0.15) is 11.7 Å². The molecule has 3 rings (SSSR count). The van der Waals surface area contributed by atoms with Crippen LogP contribution in [0.3, 0.4) is 0 Å². The Balaban J connectivity index is 0.00000243. The molecule has 0 aromatic heterocycles. The van der Waals surface area contributed by atoms with Crippen molar-refractivity contribution in [3.8, 4) is 22.3 Å². The van der Waals surface area contributed by atoms with Gasteiger partial charge in [-0.25, -0.2) is 0 Å². The van der Waals surface area contributed by atoms with Gasteiger partial charge in [-0.3, -0.25) is 10.8 Å². The molecule has 0 heterocycles. The van der Waals surface area contributed by atoms with E-state index in [9.17, 15) is 0 Å². The van der Waals surface area contributed by atoms with Crippen LogP contribution in [-0.2, 0) is 0 Å². The van der Waals surface area contributed by atoms with Crippen molar-refractivity contribution in [1.29, 1.82) is 10.8 Å². The molecule has 0 bridgehead atoms. The van der Waals surface area contributed by atoms with Crippen molar-refractivity contribution in [1.82, 2.24) is 0 Å². The summed E-state index contributed by atoms with van der Waals surface area (Å²) in [7, 11) is 0. The standard InChI is InChI=1S/C20H17ClN4.3ClH/c21-18-10-16(12-3-1-5-14(7-12)19(22)23)9-17(11-18)13-4-2-6-15(8-13)20(24)25;;;/h1-11H,(H3,22,23)(H3,24,25);3*1H. The molecular formula is C20H20Cl4N4. The Morgan fingerprint density at radius 1 is 0.607 bits per heavy atom. The fourth-order valence-corrected chi connectivity index (χ4v) is 2.89. The van der Waals surface area contributed by atoms with Crippen LogP contribution in [-0.4, -0.2) is 11.7 Å². The minimum absolute atomic E-state index is 0. The number of hydrogen-bond acceptors (Lipinski definition) is 2. The van der Waals surface area contributed by atoms with Gasteiger partial charge in [0, 0.05) is 16.1 Å². The van der Waals surface area contributed by atoms with Crippen molar-refractivity contribution in [3.63, 3.8) is 0 Å². The van der Waals surface area contributed by atoms with Crippen LogP contribution >= 0.6 is 48.8 Å². The molecule has 0 fully saturated rings. The number of halogens is 4. The first-order valence-electron chi connectivity index (χ1n) is 7.64. The highest BCUT2D eigenvalue weighted by Crippen LogP contribution is 2.31. The smallest absolute Gasteiger partial charge is 0.122 e. The van der Waals surface area contributed by atoms with Crippen molar-refractivity contribution in [2.24, 2.45) is 11.5 Å². The molecule has 3 aromatic rings. The molecule has 0 atom stereocenters. The lowest BCUT2D eigenvalue weighted by molar-refractivity contribution is 1.42. The van der Waals surface area contributed by atoms with E-state index in [2.05, 4.69) is 0 Å². The first-order valence-corrected chi connectivity index (χ1v) is 8.02. The van der Waals surface area contributed by atoms with Gasteiger partial charge in [-0.1, -0.05) is 48.0 Å². The Hall–Kier alpha value is -2.24. The molecule has 0 aliphatic heterocycles. The van der Waals surface area contributed by atoms with Crippen LogP contribution in [0.1, 0.15) is 11.1 Å². The lowest BCUT2D eigenvalue weighted by Crippen LogP contribution is -2.10. The molecule has 0 radical (unpaired) electrons. The van der Waals surface area contributed by atoms with Gasteiger partial charge < -0.3 is 11.5 Å². The summed E-state index contributed by atoms with van der Waals surface area (Å²) in [5.41, 5.74) is 16.2. The van der Waals surface area contributed by atoms with Gasteiger partial charge in [-0.15, -0.1) is 37.2 Å². The minimum atomic E-state index is 0. The number of hydrogen-bond donors (Lipinski definition) is 4. The number of nitrogens with one attached hydrogen (secondary N) is 2. The van der Waals surface area contributed by atoms with Crippen LogP contribution in [0.15, 0.2) is 66.7 Å². The van der Waals surface area contributed by atoms with Crippen LogP contribution < -0.4 is 11.5 Å². The number of amidine groups is 2. The lowest BCUT2D eigenvalue weighted by Gasteiger charge is -2.10. The molecule has 6 N–H and O–H groups in total. The first-order chi connectivity index (χ1) is 11.9. The molecule has 28 heavy (non-hydrogen) atoms. The number of nitrogens with two attached hydrogens (primary N) is 2. The van der Waals surface area contributed by atoms with Crippen LogP contribution in [0.4, 0.5) is 0 Å². The van der Waals surface area contributed by atoms with E-state index in [0.717, 1.165) is 22.3 Å². The van der Waals surface area contributed by atoms with E-state index >= 15 is 0 Å². The summed E-state index contributed by atoms with van der Waals surface area (Å²) in [5.74, 6) is 0.0523. The third kappa shape index (κ3) is 5.88. The van der Waals surface area contributed by atoms with Gasteiger partial charge in [0.25, 0.3) is 0 Å². The fraction of sp³-hybridized carbons (Fsp3) is 0. The van der Waals surface area contributed by atoms with Crippen LogP contribution in [0, 0.1) is 10.8 Å². The zero-order valence-corrected chi connectivity index (χ0v) is 17.8. The van der Waals surface area contributed by atoms with Gasteiger partial charge in [-0.2, -0.15) is 0 Å². The summed E-state index contributed by atoms with van der Waals surface area (Å²) in [4.78, 5) is 0. The summed E-state index contributed by atoms with van der Waals surface area (Å²) < 4.78 is 0. The molecule has 0 spiro atoms. The maximum atomic E-state index is 7.60. The van der Waals surface area contributed by atoms with Gasteiger partial charge in [0.2, 0.25) is 0 Å². The van der Waals surface area contributed by atoms with Crippen molar-refractivity contribution < 1.29 is 0 Å². The third-order valence-electron chi connectivity index (χ3n) is 3.91. The molecule has 0 unspecified atom stereocenters. The molecule has 0 aliphatic rings. The zero-order valence-electron chi connectivity index (χ0n) is 14.6. The number of benzene rings is 3. The second kappa shape index (κ2) is 10.9. The van der Waals surface area contributed by atoms with E-state index < -0.39 is 0 Å². The SMILES string of the molecule is Cl.Cl.Cl.N=C(N)c1cccc(-c2cc(Cl)cc(-c3cccc(C(=N)N)c3)c2)c1. The molecule has 8 heteroatoms. The summed E-state index contributed by atoms with van der Waals surface area (Å²) in [5, 5.41) is 15.8. The number of nitrogen functional groups attached to an aromatic ring is 2. The van der Waals surface area contributed by atoms with Gasteiger partial charge >= 0.3 is 0 Å². The highest BCUT2D eigenvalue weighted by molar-refractivity contribution is 6.31. The maximum Gasteiger partial charge on any atom is 0.122 e. The molecular weight excluding hydrogens is 438 g/mol. The highest BCUT2D eigenvalue weighted by atomic mass is 35.5. The van der Waals surface area contributed by atoms with Crippen molar-refractivity contribution in [2.45, 2.75) is 0 Å². The van der Waals surface area contributed by atoms with E-state index in [1.807, 2.05) is 54.6 Å². The minimum Gasteiger partial charge on any atom is -0.384 e. The van der Waals surface area contributed by atoms with Crippen LogP contribution in [0.5, 0.6) is 0 Å². The van der Waals surface area contributed by atoms with Gasteiger partial charge in [-0.05, 0) is 52.6 Å². The molecule has 4 nitrogen and oxygen atoms in total. The largest absolute Gasteiger partial charge is 0.384 e. The monoisotopic (exact) mass is 456 g/mol. The van der Waals surface area contributed by atoms with E-state index in [1.165, 1.54) is 0 Å². The average molecular weight is 458 g/mol. The van der Waals surface area contributed by atoms with Crippen molar-refractivity contribution >= 4 is 60.5 Å². The van der Waals surface area contributed by atoms with Crippen LogP contribution in [0.25, 0.3) is 22.3 Å². The topological polar surface area (TPSA) is 99.7 Å². The van der Waals surface area contributed by atoms with Crippen LogP contribution in [0.2, 0.25) is 5.02 Å². The second-order valence-corrected chi connectivity index (χ2v) is 6.15. The second-order valence-electron chi connectivity index (χ2n) is 5.72. The maximum absolute atomic E-state index is 7.60. The molecule has 3 aromatic carbocycles. The quantitative estimate of drug-likeness (QED) is 0.306. The summed E-state index contributed by atoms with van der Waals surface area (Å²) in [6.07, 6.45) is 0. The Bertz CT molecular complexity index is 914. The summed E-state index contributed by atoms with van der Waals surface area (Å²) >= 11 is 6.32. The first kappa shape index (κ1) is 25.8. The molecule has 0 saturated carbocycles. The predicted molar refractivity (Wildman–Crippen MR) is 126 cm³/mol.